The van der Waals surface area contributed by atoms with E-state index in [0.29, 0.717) is 14.5 Å². The first-order chi connectivity index (χ1) is 6.43. The summed E-state index contributed by atoms with van der Waals surface area (Å²) in [6.07, 6.45) is -1.54. The summed E-state index contributed by atoms with van der Waals surface area (Å²) in [5, 5.41) is 18.0. The van der Waals surface area contributed by atoms with Crippen LogP contribution in [0.5, 0.6) is 0 Å². The molecule has 1 atom stereocenters. The van der Waals surface area contributed by atoms with Gasteiger partial charge in [-0.15, -0.1) is 0 Å². The molecule has 3 nitrogen and oxygen atoms in total. The number of benzene rings is 1. The summed E-state index contributed by atoms with van der Waals surface area (Å²) in [4.78, 5) is 10.6. The van der Waals surface area contributed by atoms with Crippen LogP contribution in [0.25, 0.3) is 0 Å². The van der Waals surface area contributed by atoms with Crippen LogP contribution in [0.15, 0.2) is 25.6 Å². The maximum atomic E-state index is 10.6. The van der Waals surface area contributed by atoms with Gasteiger partial charge in [-0.05, 0) is 12.1 Å². The Bertz CT molecular complexity index is 355. The monoisotopic (exact) mass is 386 g/mol. The minimum atomic E-state index is -1.54. The molecule has 1 aromatic carbocycles. The summed E-state index contributed by atoms with van der Waals surface area (Å²) < 4.78 is 1.86. The van der Waals surface area contributed by atoms with Gasteiger partial charge in [0.15, 0.2) is 6.10 Å². The average molecular weight is 389 g/mol. The molecule has 1 aromatic rings. The first-order valence-electron chi connectivity index (χ1n) is 3.48. The number of carboxylic acid groups (broad SMARTS) is 1. The van der Waals surface area contributed by atoms with Gasteiger partial charge in [0.1, 0.15) is 0 Å². The molecular formula is C8H5Br3O3. The van der Waals surface area contributed by atoms with E-state index >= 15 is 0 Å². The second-order valence-corrected chi connectivity index (χ2v) is 5.15. The van der Waals surface area contributed by atoms with E-state index in [2.05, 4.69) is 47.8 Å². The van der Waals surface area contributed by atoms with Gasteiger partial charge in [0.05, 0.1) is 0 Å². The van der Waals surface area contributed by atoms with Gasteiger partial charge >= 0.3 is 5.97 Å². The number of rotatable bonds is 2. The highest BCUT2D eigenvalue weighted by Gasteiger charge is 2.21. The fourth-order valence-corrected chi connectivity index (χ4v) is 3.63. The van der Waals surface area contributed by atoms with Crippen LogP contribution in [-0.2, 0) is 4.79 Å². The van der Waals surface area contributed by atoms with Crippen molar-refractivity contribution in [1.29, 1.82) is 0 Å². The van der Waals surface area contributed by atoms with Crippen molar-refractivity contribution >= 4 is 53.8 Å². The number of aliphatic hydroxyl groups excluding tert-OH is 1. The number of aliphatic hydroxyl groups is 1. The number of hydrogen-bond donors (Lipinski definition) is 2. The number of hydrogen-bond acceptors (Lipinski definition) is 2. The zero-order valence-electron chi connectivity index (χ0n) is 6.67. The van der Waals surface area contributed by atoms with E-state index in [-0.39, 0.29) is 0 Å². The standard InChI is InChI=1S/C8H5Br3O3/c9-3-1-4(10)6(5(11)2-3)7(12)8(13)14/h1-2,7,12H,(H,13,14). The van der Waals surface area contributed by atoms with Crippen LogP contribution in [0, 0.1) is 0 Å². The third-order valence-electron chi connectivity index (χ3n) is 1.55. The zero-order valence-corrected chi connectivity index (χ0v) is 11.4. The Morgan fingerprint density at radius 2 is 1.64 bits per heavy atom. The smallest absolute Gasteiger partial charge is 0.337 e. The number of halogens is 3. The van der Waals surface area contributed by atoms with E-state index in [9.17, 15) is 9.90 Å². The van der Waals surface area contributed by atoms with Crippen LogP contribution in [0.3, 0.4) is 0 Å². The highest BCUT2D eigenvalue weighted by molar-refractivity contribution is 9.11. The molecule has 1 unspecified atom stereocenters. The molecule has 0 radical (unpaired) electrons. The van der Waals surface area contributed by atoms with Gasteiger partial charge in [0, 0.05) is 19.0 Å². The Labute approximate surface area is 106 Å². The molecule has 0 aliphatic heterocycles. The Kier molecular flexibility index (Phi) is 4.12. The number of carbonyl (C=O) groups is 1. The Balaban J connectivity index is 3.27. The molecule has 0 saturated carbocycles. The maximum Gasteiger partial charge on any atom is 0.337 e. The van der Waals surface area contributed by atoms with Crippen molar-refractivity contribution in [3.05, 3.63) is 31.1 Å². The van der Waals surface area contributed by atoms with E-state index < -0.39 is 12.1 Å². The lowest BCUT2D eigenvalue weighted by molar-refractivity contribution is -0.147. The molecule has 0 amide bonds. The van der Waals surface area contributed by atoms with Crippen LogP contribution in [0.4, 0.5) is 0 Å². The molecule has 6 heteroatoms. The van der Waals surface area contributed by atoms with E-state index in [1.54, 1.807) is 12.1 Å². The van der Waals surface area contributed by atoms with Crippen LogP contribution in [-0.4, -0.2) is 16.2 Å². The van der Waals surface area contributed by atoms with Crippen molar-refractivity contribution in [2.75, 3.05) is 0 Å². The first-order valence-corrected chi connectivity index (χ1v) is 5.86. The van der Waals surface area contributed by atoms with Gasteiger partial charge in [0.25, 0.3) is 0 Å². The number of carboxylic acids is 1. The molecule has 76 valence electrons. The van der Waals surface area contributed by atoms with Crippen molar-refractivity contribution in [3.8, 4) is 0 Å². The molecule has 0 heterocycles. The van der Waals surface area contributed by atoms with Gasteiger partial charge in [-0.2, -0.15) is 0 Å². The van der Waals surface area contributed by atoms with Crippen molar-refractivity contribution < 1.29 is 15.0 Å². The molecule has 1 rings (SSSR count). The molecule has 0 spiro atoms. The molecule has 0 fully saturated rings. The van der Waals surface area contributed by atoms with Gasteiger partial charge in [0.2, 0.25) is 0 Å². The quantitative estimate of drug-likeness (QED) is 0.818. The molecule has 0 aliphatic rings. The zero-order chi connectivity index (χ0) is 10.9. The largest absolute Gasteiger partial charge is 0.479 e. The Hall–Kier alpha value is 0.0900. The molecule has 14 heavy (non-hydrogen) atoms. The fourth-order valence-electron chi connectivity index (χ4n) is 0.938. The second-order valence-electron chi connectivity index (χ2n) is 2.52. The van der Waals surface area contributed by atoms with Gasteiger partial charge in [-0.1, -0.05) is 47.8 Å². The van der Waals surface area contributed by atoms with Crippen LogP contribution < -0.4 is 0 Å². The first kappa shape index (κ1) is 12.2. The summed E-state index contributed by atoms with van der Waals surface area (Å²) in [6.45, 7) is 0. The fraction of sp³-hybridized carbons (Fsp3) is 0.125. The van der Waals surface area contributed by atoms with Crippen LogP contribution in [0.2, 0.25) is 0 Å². The lowest BCUT2D eigenvalue weighted by atomic mass is 10.1. The van der Waals surface area contributed by atoms with Crippen molar-refractivity contribution in [2.45, 2.75) is 6.10 Å². The van der Waals surface area contributed by atoms with Crippen molar-refractivity contribution in [3.63, 3.8) is 0 Å². The summed E-state index contributed by atoms with van der Waals surface area (Å²) in [6, 6.07) is 3.35. The summed E-state index contributed by atoms with van der Waals surface area (Å²) >= 11 is 9.61. The molecule has 0 aromatic heterocycles. The maximum absolute atomic E-state index is 10.6. The van der Waals surface area contributed by atoms with Crippen molar-refractivity contribution in [1.82, 2.24) is 0 Å². The Morgan fingerprint density at radius 1 is 1.21 bits per heavy atom. The summed E-state index contributed by atoms with van der Waals surface area (Å²) in [7, 11) is 0. The minimum Gasteiger partial charge on any atom is -0.479 e. The molecular weight excluding hydrogens is 384 g/mol. The van der Waals surface area contributed by atoms with Gasteiger partial charge in [-0.25, -0.2) is 4.79 Å². The number of aliphatic carboxylic acids is 1. The highest BCUT2D eigenvalue weighted by Crippen LogP contribution is 2.34. The normalized spacial score (nSPS) is 12.6. The van der Waals surface area contributed by atoms with Crippen molar-refractivity contribution in [2.24, 2.45) is 0 Å². The lowest BCUT2D eigenvalue weighted by Gasteiger charge is -2.11. The molecule has 0 saturated heterocycles. The third-order valence-corrected chi connectivity index (χ3v) is 3.32. The van der Waals surface area contributed by atoms with E-state index in [1.807, 2.05) is 0 Å². The van der Waals surface area contributed by atoms with Gasteiger partial charge < -0.3 is 10.2 Å². The SMILES string of the molecule is O=C(O)C(O)c1c(Br)cc(Br)cc1Br. The minimum absolute atomic E-state index is 0.306. The molecule has 0 bridgehead atoms. The predicted octanol–water partition coefficient (Wildman–Crippen LogP) is 3.09. The third kappa shape index (κ3) is 2.56. The average Bonchev–Trinajstić information content (AvgIpc) is 2.01. The van der Waals surface area contributed by atoms with E-state index in [4.69, 9.17) is 5.11 Å². The predicted molar refractivity (Wildman–Crippen MR) is 62.1 cm³/mol. The Morgan fingerprint density at radius 3 is 2.00 bits per heavy atom. The van der Waals surface area contributed by atoms with E-state index in [1.165, 1.54) is 0 Å². The summed E-state index contributed by atoms with van der Waals surface area (Å²) in [5.41, 5.74) is 0.306. The van der Waals surface area contributed by atoms with Crippen LogP contribution in [0.1, 0.15) is 11.7 Å². The molecule has 0 aliphatic carbocycles. The molecule has 2 N–H and O–H groups in total. The van der Waals surface area contributed by atoms with E-state index in [0.717, 1.165) is 4.47 Å². The van der Waals surface area contributed by atoms with Crippen LogP contribution >= 0.6 is 47.8 Å². The topological polar surface area (TPSA) is 57.5 Å². The summed E-state index contributed by atoms with van der Waals surface area (Å²) in [5.74, 6) is -1.28. The van der Waals surface area contributed by atoms with Gasteiger partial charge in [-0.3, -0.25) is 0 Å². The lowest BCUT2D eigenvalue weighted by Crippen LogP contribution is -2.11. The second kappa shape index (κ2) is 4.74. The highest BCUT2D eigenvalue weighted by atomic mass is 79.9.